The highest BCUT2D eigenvalue weighted by atomic mass is 16.5. The van der Waals surface area contributed by atoms with Crippen molar-refractivity contribution in [1.29, 1.82) is 0 Å². The van der Waals surface area contributed by atoms with E-state index in [-0.39, 0.29) is 24.2 Å². The summed E-state index contributed by atoms with van der Waals surface area (Å²) >= 11 is 0. The Labute approximate surface area is 168 Å². The Hall–Kier alpha value is -3.74. The van der Waals surface area contributed by atoms with Gasteiger partial charge in [0.15, 0.2) is 0 Å². The molecule has 1 fully saturated rings. The molecular formula is C22H20N4O3. The van der Waals surface area contributed by atoms with Crippen LogP contribution in [0.25, 0.3) is 0 Å². The number of para-hydroxylation sites is 1. The first-order valence-electron chi connectivity index (χ1n) is 9.31. The van der Waals surface area contributed by atoms with Crippen molar-refractivity contribution in [2.24, 2.45) is 5.92 Å². The standard InChI is InChI=1S/C22H20N4O3/c1-15-7-9-18(10-8-15)26-14-16(11-20(26)27)21(28)25-17-12-23-22(24-13-17)29-19-5-3-2-4-6-19/h2-10,12-13,16H,11,14H2,1H3,(H,25,28). The van der Waals surface area contributed by atoms with Gasteiger partial charge in [0.1, 0.15) is 5.75 Å². The molecule has 0 aliphatic carbocycles. The molecule has 3 aromatic rings. The molecule has 1 atom stereocenters. The Morgan fingerprint density at radius 1 is 1.07 bits per heavy atom. The van der Waals surface area contributed by atoms with Crippen molar-refractivity contribution in [3.8, 4) is 11.8 Å². The van der Waals surface area contributed by atoms with E-state index in [1.807, 2.05) is 49.4 Å². The van der Waals surface area contributed by atoms with Crippen molar-refractivity contribution < 1.29 is 14.3 Å². The van der Waals surface area contributed by atoms with Crippen LogP contribution in [0.4, 0.5) is 11.4 Å². The van der Waals surface area contributed by atoms with E-state index in [1.54, 1.807) is 17.0 Å². The molecule has 2 amide bonds. The van der Waals surface area contributed by atoms with Crippen LogP contribution in [0.5, 0.6) is 11.8 Å². The molecule has 7 heteroatoms. The maximum Gasteiger partial charge on any atom is 0.322 e. The molecule has 2 aromatic carbocycles. The summed E-state index contributed by atoms with van der Waals surface area (Å²) in [6.07, 6.45) is 3.14. The minimum atomic E-state index is -0.427. The van der Waals surface area contributed by atoms with Crippen LogP contribution in [0.1, 0.15) is 12.0 Å². The summed E-state index contributed by atoms with van der Waals surface area (Å²) in [6.45, 7) is 2.34. The number of aromatic nitrogens is 2. The molecule has 29 heavy (non-hydrogen) atoms. The lowest BCUT2D eigenvalue weighted by Gasteiger charge is -2.17. The van der Waals surface area contributed by atoms with E-state index in [2.05, 4.69) is 15.3 Å². The maximum absolute atomic E-state index is 12.6. The molecule has 2 heterocycles. The van der Waals surface area contributed by atoms with Crippen LogP contribution in [0.2, 0.25) is 0 Å². The fourth-order valence-electron chi connectivity index (χ4n) is 3.13. The van der Waals surface area contributed by atoms with E-state index < -0.39 is 5.92 Å². The first kappa shape index (κ1) is 18.6. The third kappa shape index (κ3) is 4.40. The lowest BCUT2D eigenvalue weighted by atomic mass is 10.1. The average molecular weight is 388 g/mol. The minimum Gasteiger partial charge on any atom is -0.424 e. The second-order valence-corrected chi connectivity index (χ2v) is 6.90. The molecule has 1 unspecified atom stereocenters. The van der Waals surface area contributed by atoms with Gasteiger partial charge in [-0.2, -0.15) is 0 Å². The van der Waals surface area contributed by atoms with Gasteiger partial charge in [-0.3, -0.25) is 9.59 Å². The lowest BCUT2D eigenvalue weighted by molar-refractivity contribution is -0.122. The van der Waals surface area contributed by atoms with E-state index in [0.29, 0.717) is 18.0 Å². The fourth-order valence-corrected chi connectivity index (χ4v) is 3.13. The Bertz CT molecular complexity index is 1000. The number of nitrogens with zero attached hydrogens (tertiary/aromatic N) is 3. The van der Waals surface area contributed by atoms with E-state index in [1.165, 1.54) is 12.4 Å². The van der Waals surface area contributed by atoms with Gasteiger partial charge in [-0.15, -0.1) is 0 Å². The number of aryl methyl sites for hydroxylation is 1. The van der Waals surface area contributed by atoms with Crippen LogP contribution >= 0.6 is 0 Å². The lowest BCUT2D eigenvalue weighted by Crippen LogP contribution is -2.28. The molecule has 0 spiro atoms. The van der Waals surface area contributed by atoms with Gasteiger partial charge in [0.2, 0.25) is 11.8 Å². The number of ether oxygens (including phenoxy) is 1. The fraction of sp³-hybridized carbons (Fsp3) is 0.182. The predicted molar refractivity (Wildman–Crippen MR) is 109 cm³/mol. The highest BCUT2D eigenvalue weighted by molar-refractivity contribution is 6.03. The molecule has 146 valence electrons. The SMILES string of the molecule is Cc1ccc(N2CC(C(=O)Nc3cnc(Oc4ccccc4)nc3)CC2=O)cc1. The van der Waals surface area contributed by atoms with Crippen molar-refractivity contribution in [3.05, 3.63) is 72.6 Å². The molecule has 1 aliphatic heterocycles. The van der Waals surface area contributed by atoms with Crippen LogP contribution in [0, 0.1) is 12.8 Å². The number of anilines is 2. The molecule has 1 saturated heterocycles. The molecule has 7 nitrogen and oxygen atoms in total. The minimum absolute atomic E-state index is 0.0585. The van der Waals surface area contributed by atoms with E-state index in [0.717, 1.165) is 11.3 Å². The van der Waals surface area contributed by atoms with Gasteiger partial charge < -0.3 is 15.0 Å². The zero-order valence-electron chi connectivity index (χ0n) is 15.9. The monoisotopic (exact) mass is 388 g/mol. The zero-order chi connectivity index (χ0) is 20.2. The summed E-state index contributed by atoms with van der Waals surface area (Å²) in [5.41, 5.74) is 2.38. The average Bonchev–Trinajstić information content (AvgIpc) is 3.13. The summed E-state index contributed by atoms with van der Waals surface area (Å²) < 4.78 is 5.54. The number of amides is 2. The summed E-state index contributed by atoms with van der Waals surface area (Å²) in [5.74, 6) is -0.0841. The smallest absolute Gasteiger partial charge is 0.322 e. The summed E-state index contributed by atoms with van der Waals surface area (Å²) in [7, 11) is 0. The Morgan fingerprint density at radius 2 is 1.76 bits per heavy atom. The number of rotatable bonds is 5. The van der Waals surface area contributed by atoms with Crippen molar-refractivity contribution in [2.45, 2.75) is 13.3 Å². The summed E-state index contributed by atoms with van der Waals surface area (Å²) in [6, 6.07) is 17.1. The Balaban J connectivity index is 1.37. The molecule has 0 saturated carbocycles. The second-order valence-electron chi connectivity index (χ2n) is 6.90. The Morgan fingerprint density at radius 3 is 2.45 bits per heavy atom. The zero-order valence-corrected chi connectivity index (χ0v) is 15.9. The van der Waals surface area contributed by atoms with Crippen molar-refractivity contribution in [1.82, 2.24) is 9.97 Å². The van der Waals surface area contributed by atoms with Gasteiger partial charge in [0.25, 0.3) is 0 Å². The summed E-state index contributed by atoms with van der Waals surface area (Å²) in [4.78, 5) is 34.8. The van der Waals surface area contributed by atoms with Gasteiger partial charge in [-0.05, 0) is 31.2 Å². The third-order valence-electron chi connectivity index (χ3n) is 4.69. The first-order chi connectivity index (χ1) is 14.1. The van der Waals surface area contributed by atoms with Crippen LogP contribution in [-0.4, -0.2) is 28.3 Å². The van der Waals surface area contributed by atoms with Gasteiger partial charge in [0, 0.05) is 18.7 Å². The predicted octanol–water partition coefficient (Wildman–Crippen LogP) is 3.57. The topological polar surface area (TPSA) is 84.4 Å². The second kappa shape index (κ2) is 8.10. The molecule has 1 aromatic heterocycles. The quantitative estimate of drug-likeness (QED) is 0.722. The van der Waals surface area contributed by atoms with Crippen molar-refractivity contribution in [3.63, 3.8) is 0 Å². The Kier molecular flexibility index (Phi) is 5.20. The summed E-state index contributed by atoms with van der Waals surface area (Å²) in [5, 5.41) is 2.78. The molecular weight excluding hydrogens is 368 g/mol. The van der Waals surface area contributed by atoms with Crippen molar-refractivity contribution in [2.75, 3.05) is 16.8 Å². The van der Waals surface area contributed by atoms with E-state index in [9.17, 15) is 9.59 Å². The first-order valence-corrected chi connectivity index (χ1v) is 9.31. The van der Waals surface area contributed by atoms with E-state index in [4.69, 9.17) is 4.74 Å². The number of nitrogens with one attached hydrogen (secondary N) is 1. The van der Waals surface area contributed by atoms with Crippen LogP contribution in [0.15, 0.2) is 67.0 Å². The number of hydrogen-bond donors (Lipinski definition) is 1. The van der Waals surface area contributed by atoms with Crippen LogP contribution in [-0.2, 0) is 9.59 Å². The van der Waals surface area contributed by atoms with Gasteiger partial charge >= 0.3 is 6.01 Å². The highest BCUT2D eigenvalue weighted by Crippen LogP contribution is 2.26. The number of benzene rings is 2. The van der Waals surface area contributed by atoms with E-state index >= 15 is 0 Å². The van der Waals surface area contributed by atoms with Gasteiger partial charge in [0.05, 0.1) is 24.0 Å². The third-order valence-corrected chi connectivity index (χ3v) is 4.69. The van der Waals surface area contributed by atoms with Crippen LogP contribution in [0.3, 0.4) is 0 Å². The maximum atomic E-state index is 12.6. The largest absolute Gasteiger partial charge is 0.424 e. The molecule has 1 N–H and O–H groups in total. The highest BCUT2D eigenvalue weighted by Gasteiger charge is 2.35. The number of hydrogen-bond acceptors (Lipinski definition) is 5. The molecule has 0 radical (unpaired) electrons. The normalized spacial score (nSPS) is 16.0. The number of carbonyl (C=O) groups is 2. The molecule has 4 rings (SSSR count). The number of carbonyl (C=O) groups excluding carboxylic acids is 2. The van der Waals surface area contributed by atoms with Crippen LogP contribution < -0.4 is 15.0 Å². The van der Waals surface area contributed by atoms with Crippen molar-refractivity contribution >= 4 is 23.2 Å². The van der Waals surface area contributed by atoms with Gasteiger partial charge in [-0.1, -0.05) is 35.9 Å². The molecule has 1 aliphatic rings. The molecule has 0 bridgehead atoms. The van der Waals surface area contributed by atoms with Gasteiger partial charge in [-0.25, -0.2) is 9.97 Å².